The Kier molecular flexibility index (Phi) is 4.77. The summed E-state index contributed by atoms with van der Waals surface area (Å²) in [4.78, 5) is 24.1. The summed E-state index contributed by atoms with van der Waals surface area (Å²) < 4.78 is 5.04. The molecule has 4 heteroatoms. The lowest BCUT2D eigenvalue weighted by molar-refractivity contribution is -0.134. The van der Waals surface area contributed by atoms with E-state index in [2.05, 4.69) is 0 Å². The molecule has 0 radical (unpaired) electrons. The van der Waals surface area contributed by atoms with Crippen molar-refractivity contribution in [2.75, 3.05) is 6.61 Å². The van der Waals surface area contributed by atoms with E-state index >= 15 is 0 Å². The van der Waals surface area contributed by atoms with Crippen LogP contribution in [0.1, 0.15) is 61.9 Å². The Morgan fingerprint density at radius 3 is 2.67 bits per heavy atom. The van der Waals surface area contributed by atoms with Crippen LogP contribution in [0, 0.1) is 11.8 Å². The van der Waals surface area contributed by atoms with Crippen LogP contribution in [0.25, 0.3) is 0 Å². The lowest BCUT2D eigenvalue weighted by Crippen LogP contribution is -2.55. The van der Waals surface area contributed by atoms with Gasteiger partial charge in [-0.15, -0.1) is 0 Å². The number of ketones is 1. The minimum Gasteiger partial charge on any atom is -0.462 e. The highest BCUT2D eigenvalue weighted by Crippen LogP contribution is 2.53. The first-order valence-electron chi connectivity index (χ1n) is 8.99. The van der Waals surface area contributed by atoms with Crippen molar-refractivity contribution in [3.8, 4) is 0 Å². The Bertz CT molecular complexity index is 621. The number of Topliss-reactive ketones (excluding diaryl/α,β-unsaturated/α-hetero) is 1. The maximum Gasteiger partial charge on any atom is 0.338 e. The second-order valence-electron chi connectivity index (χ2n) is 7.15. The molecule has 0 aliphatic heterocycles. The largest absolute Gasteiger partial charge is 0.462 e. The van der Waals surface area contributed by atoms with Gasteiger partial charge in [0, 0.05) is 17.8 Å². The van der Waals surface area contributed by atoms with Gasteiger partial charge in [0.2, 0.25) is 0 Å². The standard InChI is InChI=1S/C20H26O4/c1-3-24-19(23)14-7-9-15(10-8-14)20-12-11-17(21)13(2)16(20)5-4-6-18(20)22/h7-10,13,16,18,22H,3-6,11-12H2,1-2H3/t13-,16+,18-,20-/m0/s1. The molecule has 24 heavy (non-hydrogen) atoms. The van der Waals surface area contributed by atoms with Gasteiger partial charge in [-0.25, -0.2) is 4.79 Å². The van der Waals surface area contributed by atoms with Gasteiger partial charge in [0.15, 0.2) is 0 Å². The zero-order valence-electron chi connectivity index (χ0n) is 14.5. The summed E-state index contributed by atoms with van der Waals surface area (Å²) in [6, 6.07) is 7.44. The number of hydrogen-bond acceptors (Lipinski definition) is 4. The molecule has 0 amide bonds. The molecule has 1 aromatic rings. The van der Waals surface area contributed by atoms with Crippen molar-refractivity contribution in [3.63, 3.8) is 0 Å². The van der Waals surface area contributed by atoms with E-state index < -0.39 is 6.10 Å². The molecule has 0 heterocycles. The van der Waals surface area contributed by atoms with Gasteiger partial charge in [0.25, 0.3) is 0 Å². The molecule has 1 aromatic carbocycles. The first kappa shape index (κ1) is 17.2. The number of aliphatic hydroxyl groups is 1. The highest BCUT2D eigenvalue weighted by molar-refractivity contribution is 5.89. The fraction of sp³-hybridized carbons (Fsp3) is 0.600. The lowest BCUT2D eigenvalue weighted by atomic mass is 9.52. The number of aliphatic hydroxyl groups excluding tert-OH is 1. The van der Waals surface area contributed by atoms with Gasteiger partial charge in [-0.3, -0.25) is 4.79 Å². The SMILES string of the molecule is CCOC(=O)c1ccc([C@@]23CCC(=O)[C@@H](C)[C@H]2CCC[C@@H]3O)cc1. The number of ether oxygens (including phenoxy) is 1. The van der Waals surface area contributed by atoms with Crippen LogP contribution in [-0.2, 0) is 14.9 Å². The van der Waals surface area contributed by atoms with Crippen LogP contribution in [0.5, 0.6) is 0 Å². The van der Waals surface area contributed by atoms with Crippen LogP contribution in [0.2, 0.25) is 0 Å². The molecule has 0 unspecified atom stereocenters. The van der Waals surface area contributed by atoms with E-state index in [-0.39, 0.29) is 23.2 Å². The average Bonchev–Trinajstić information content (AvgIpc) is 2.59. The minimum atomic E-state index is -0.430. The molecular formula is C20H26O4. The van der Waals surface area contributed by atoms with Crippen molar-refractivity contribution in [2.45, 2.75) is 57.5 Å². The Morgan fingerprint density at radius 1 is 1.29 bits per heavy atom. The molecule has 0 saturated heterocycles. The summed E-state index contributed by atoms with van der Waals surface area (Å²) in [6.07, 6.45) is 3.50. The Morgan fingerprint density at radius 2 is 2.00 bits per heavy atom. The van der Waals surface area contributed by atoms with E-state index in [0.29, 0.717) is 30.8 Å². The molecule has 0 bridgehead atoms. The summed E-state index contributed by atoms with van der Waals surface area (Å²) in [7, 11) is 0. The molecule has 4 nitrogen and oxygen atoms in total. The average molecular weight is 330 g/mol. The van der Waals surface area contributed by atoms with Gasteiger partial charge < -0.3 is 9.84 Å². The minimum absolute atomic E-state index is 0.0153. The summed E-state index contributed by atoms with van der Waals surface area (Å²) in [5.41, 5.74) is 1.21. The second-order valence-corrected chi connectivity index (χ2v) is 7.15. The third-order valence-corrected chi connectivity index (χ3v) is 6.08. The van der Waals surface area contributed by atoms with E-state index in [1.165, 1.54) is 0 Å². The van der Waals surface area contributed by atoms with Gasteiger partial charge >= 0.3 is 5.97 Å². The number of fused-ring (bicyclic) bond motifs is 1. The van der Waals surface area contributed by atoms with Crippen LogP contribution in [-0.4, -0.2) is 29.6 Å². The quantitative estimate of drug-likeness (QED) is 0.864. The topological polar surface area (TPSA) is 63.6 Å². The predicted octanol–water partition coefficient (Wildman–Crippen LogP) is 3.26. The number of esters is 1. The fourth-order valence-electron chi connectivity index (χ4n) is 4.81. The van der Waals surface area contributed by atoms with E-state index in [4.69, 9.17) is 4.74 Å². The third kappa shape index (κ3) is 2.67. The van der Waals surface area contributed by atoms with Crippen molar-refractivity contribution in [1.29, 1.82) is 0 Å². The van der Waals surface area contributed by atoms with Crippen molar-refractivity contribution >= 4 is 11.8 Å². The van der Waals surface area contributed by atoms with Crippen molar-refractivity contribution in [3.05, 3.63) is 35.4 Å². The molecule has 0 spiro atoms. The first-order valence-corrected chi connectivity index (χ1v) is 8.99. The number of benzene rings is 1. The van der Waals surface area contributed by atoms with Crippen LogP contribution < -0.4 is 0 Å². The number of carbonyl (C=O) groups is 2. The summed E-state index contributed by atoms with van der Waals surface area (Å²) >= 11 is 0. The normalized spacial score (nSPS) is 33.0. The van der Waals surface area contributed by atoms with Gasteiger partial charge in [0.1, 0.15) is 5.78 Å². The van der Waals surface area contributed by atoms with Crippen LogP contribution in [0.15, 0.2) is 24.3 Å². The van der Waals surface area contributed by atoms with E-state index in [0.717, 1.165) is 24.8 Å². The summed E-state index contributed by atoms with van der Waals surface area (Å²) in [6.45, 7) is 4.14. The van der Waals surface area contributed by atoms with E-state index in [1.54, 1.807) is 19.1 Å². The van der Waals surface area contributed by atoms with Gasteiger partial charge in [-0.05, 0) is 49.8 Å². The summed E-state index contributed by atoms with van der Waals surface area (Å²) in [5.74, 6) is 0.150. The highest BCUT2D eigenvalue weighted by atomic mass is 16.5. The zero-order chi connectivity index (χ0) is 17.3. The predicted molar refractivity (Wildman–Crippen MR) is 90.8 cm³/mol. The smallest absolute Gasteiger partial charge is 0.338 e. The molecule has 1 N–H and O–H groups in total. The molecule has 2 saturated carbocycles. The van der Waals surface area contributed by atoms with Crippen molar-refractivity contribution < 1.29 is 19.4 Å². The van der Waals surface area contributed by atoms with Gasteiger partial charge in [-0.2, -0.15) is 0 Å². The molecule has 0 aromatic heterocycles. The van der Waals surface area contributed by atoms with Gasteiger partial charge in [-0.1, -0.05) is 25.5 Å². The molecule has 4 atom stereocenters. The Hall–Kier alpha value is -1.68. The van der Waals surface area contributed by atoms with Crippen LogP contribution in [0.4, 0.5) is 0 Å². The van der Waals surface area contributed by atoms with E-state index in [1.807, 2.05) is 19.1 Å². The first-order chi connectivity index (χ1) is 11.5. The second kappa shape index (κ2) is 6.67. The maximum atomic E-state index is 12.2. The lowest BCUT2D eigenvalue weighted by Gasteiger charge is -2.53. The maximum absolute atomic E-state index is 12.2. The Labute approximate surface area is 143 Å². The fourth-order valence-corrected chi connectivity index (χ4v) is 4.81. The molecule has 2 fully saturated rings. The number of carbonyl (C=O) groups excluding carboxylic acids is 2. The monoisotopic (exact) mass is 330 g/mol. The van der Waals surface area contributed by atoms with Crippen molar-refractivity contribution in [1.82, 2.24) is 0 Å². The van der Waals surface area contributed by atoms with E-state index in [9.17, 15) is 14.7 Å². The highest BCUT2D eigenvalue weighted by Gasteiger charge is 2.53. The summed E-state index contributed by atoms with van der Waals surface area (Å²) in [5, 5.41) is 10.9. The zero-order valence-corrected chi connectivity index (χ0v) is 14.5. The molecule has 2 aliphatic carbocycles. The van der Waals surface area contributed by atoms with Crippen LogP contribution in [0.3, 0.4) is 0 Å². The number of hydrogen-bond donors (Lipinski definition) is 1. The Balaban J connectivity index is 1.97. The molecule has 130 valence electrons. The third-order valence-electron chi connectivity index (χ3n) is 6.08. The number of rotatable bonds is 3. The molecule has 3 rings (SSSR count). The van der Waals surface area contributed by atoms with Gasteiger partial charge in [0.05, 0.1) is 18.3 Å². The molecule has 2 aliphatic rings. The van der Waals surface area contributed by atoms with Crippen LogP contribution >= 0.6 is 0 Å². The van der Waals surface area contributed by atoms with Crippen molar-refractivity contribution in [2.24, 2.45) is 11.8 Å². The molecular weight excluding hydrogens is 304 g/mol.